The highest BCUT2D eigenvalue weighted by Crippen LogP contribution is 2.13. The lowest BCUT2D eigenvalue weighted by molar-refractivity contribution is 1.71. The van der Waals surface area contributed by atoms with Gasteiger partial charge in [-0.15, -0.1) is 0 Å². The third kappa shape index (κ3) is 2.34. The van der Waals surface area contributed by atoms with E-state index in [4.69, 9.17) is 11.1 Å². The monoisotopic (exact) mass is 358 g/mol. The number of halogens is 2. The highest BCUT2D eigenvalue weighted by Gasteiger charge is 2.33. The molecule has 2 aromatic rings. The van der Waals surface area contributed by atoms with E-state index in [0.717, 1.165) is 4.05 Å². The summed E-state index contributed by atoms with van der Waals surface area (Å²) in [7, 11) is -2.02. The van der Waals surface area contributed by atoms with E-state index in [2.05, 4.69) is 71.1 Å². The Labute approximate surface area is 116 Å². The number of hydrogen-bond donors (Lipinski definition) is 0. The summed E-state index contributed by atoms with van der Waals surface area (Å²) in [6.45, 7) is 0. The van der Waals surface area contributed by atoms with Gasteiger partial charge in [-0.25, -0.2) is 0 Å². The van der Waals surface area contributed by atoms with Gasteiger partial charge in [-0.3, -0.25) is 0 Å². The first-order valence-electron chi connectivity index (χ1n) is 5.13. The third-order valence-electron chi connectivity index (χ3n) is 2.65. The van der Waals surface area contributed by atoms with Crippen LogP contribution in [-0.2, 0) is 0 Å². The first kappa shape index (κ1) is 12.1. The molecule has 16 heavy (non-hydrogen) atoms. The Morgan fingerprint density at radius 2 is 1.19 bits per heavy atom. The van der Waals surface area contributed by atoms with Crippen LogP contribution in [0.15, 0.2) is 60.7 Å². The molecular weight excluding hydrogens is 347 g/mol. The summed E-state index contributed by atoms with van der Waals surface area (Å²) >= 11 is 9.31. The van der Waals surface area contributed by atoms with Crippen LogP contribution in [0, 0.1) is 0 Å². The van der Waals surface area contributed by atoms with Crippen molar-refractivity contribution in [2.45, 2.75) is 0 Å². The molecule has 3 heteroatoms. The van der Waals surface area contributed by atoms with E-state index in [1.54, 1.807) is 0 Å². The van der Waals surface area contributed by atoms with E-state index < -0.39 is 7.38 Å². The molecule has 2 rings (SSSR count). The van der Waals surface area contributed by atoms with Crippen LogP contribution in [0.5, 0.6) is 0 Å². The molecule has 0 saturated carbocycles. The van der Waals surface area contributed by atoms with Crippen LogP contribution in [0.1, 0.15) is 0 Å². The van der Waals surface area contributed by atoms with Gasteiger partial charge in [-0.05, 0) is 10.4 Å². The molecule has 0 nitrogen and oxygen atoms in total. The van der Waals surface area contributed by atoms with Crippen LogP contribution in [-0.4, -0.2) is 11.4 Å². The van der Waals surface area contributed by atoms with Crippen molar-refractivity contribution in [1.29, 1.82) is 0 Å². The molecule has 0 aromatic heterocycles. The van der Waals surface area contributed by atoms with Crippen molar-refractivity contribution in [2.75, 3.05) is 4.05 Å². The Balaban J connectivity index is 2.49. The van der Waals surface area contributed by atoms with Crippen LogP contribution in [0.25, 0.3) is 0 Å². The molecule has 0 aliphatic rings. The molecule has 82 valence electrons. The highest BCUT2D eigenvalue weighted by atomic mass is 127. The van der Waals surface area contributed by atoms with Gasteiger partial charge in [0.2, 0.25) is 7.38 Å². The Hall–Kier alpha value is -0.323. The summed E-state index contributed by atoms with van der Waals surface area (Å²) in [5, 5.41) is 2.58. The zero-order valence-electron chi connectivity index (χ0n) is 8.74. The number of rotatable bonds is 3. The SMILES string of the molecule is Cl[Si](CI)(c1ccccc1)c1ccccc1. The zero-order valence-corrected chi connectivity index (χ0v) is 12.6. The number of benzene rings is 2. The number of alkyl halides is 1. The fraction of sp³-hybridized carbons (Fsp3) is 0.0769. The molecular formula is C13H12ClISi. The fourth-order valence-corrected chi connectivity index (χ4v) is 7.21. The van der Waals surface area contributed by atoms with E-state index in [-0.39, 0.29) is 0 Å². The van der Waals surface area contributed by atoms with E-state index in [1.165, 1.54) is 10.4 Å². The average Bonchev–Trinajstić information content (AvgIpc) is 2.40. The maximum Gasteiger partial charge on any atom is 0.226 e. The van der Waals surface area contributed by atoms with Gasteiger partial charge in [-0.2, -0.15) is 11.1 Å². The quantitative estimate of drug-likeness (QED) is 0.342. The van der Waals surface area contributed by atoms with Crippen molar-refractivity contribution in [1.82, 2.24) is 0 Å². The summed E-state index contributed by atoms with van der Waals surface area (Å²) < 4.78 is 0.986. The van der Waals surface area contributed by atoms with E-state index in [1.807, 2.05) is 12.1 Å². The van der Waals surface area contributed by atoms with Crippen molar-refractivity contribution in [3.63, 3.8) is 0 Å². The molecule has 0 heterocycles. The first-order valence-corrected chi connectivity index (χ1v) is 9.88. The topological polar surface area (TPSA) is 0 Å². The molecule has 0 unspecified atom stereocenters. The van der Waals surface area contributed by atoms with E-state index >= 15 is 0 Å². The van der Waals surface area contributed by atoms with Gasteiger partial charge in [0.1, 0.15) is 0 Å². The third-order valence-corrected chi connectivity index (χ3v) is 12.0. The Kier molecular flexibility index (Phi) is 4.05. The second-order valence-electron chi connectivity index (χ2n) is 3.67. The Bertz CT molecular complexity index is 405. The van der Waals surface area contributed by atoms with Gasteiger partial charge in [0.15, 0.2) is 0 Å². The van der Waals surface area contributed by atoms with Crippen LogP contribution in [0.2, 0.25) is 0 Å². The molecule has 0 saturated heterocycles. The lowest BCUT2D eigenvalue weighted by Gasteiger charge is -2.23. The minimum atomic E-state index is -2.02. The summed E-state index contributed by atoms with van der Waals surface area (Å²) in [5.41, 5.74) is 0. The Morgan fingerprint density at radius 3 is 1.50 bits per heavy atom. The van der Waals surface area contributed by atoms with Crippen LogP contribution >= 0.6 is 33.7 Å². The van der Waals surface area contributed by atoms with Crippen molar-refractivity contribution in [3.05, 3.63) is 60.7 Å². The highest BCUT2D eigenvalue weighted by molar-refractivity contribution is 14.1. The van der Waals surface area contributed by atoms with E-state index in [9.17, 15) is 0 Å². The fourth-order valence-electron chi connectivity index (χ4n) is 1.73. The second kappa shape index (κ2) is 5.34. The number of hydrogen-bond acceptors (Lipinski definition) is 0. The van der Waals surface area contributed by atoms with Gasteiger partial charge < -0.3 is 0 Å². The standard InChI is InChI=1S/C13H12ClISi/c14-16(11-15,12-7-3-1-4-8-12)13-9-5-2-6-10-13/h1-10H,11H2. The molecule has 0 aliphatic heterocycles. The summed E-state index contributed by atoms with van der Waals surface area (Å²) in [5.74, 6) is 0. The second-order valence-corrected chi connectivity index (χ2v) is 10.9. The lowest BCUT2D eigenvalue weighted by Crippen LogP contribution is -2.55. The molecule has 0 fully saturated rings. The zero-order chi connectivity index (χ0) is 11.4. The molecule has 0 N–H and O–H groups in total. The van der Waals surface area contributed by atoms with Crippen LogP contribution in [0.4, 0.5) is 0 Å². The summed E-state index contributed by atoms with van der Waals surface area (Å²) in [6.07, 6.45) is 0. The lowest BCUT2D eigenvalue weighted by atomic mass is 10.4. The maximum atomic E-state index is 6.91. The molecule has 0 aliphatic carbocycles. The summed E-state index contributed by atoms with van der Waals surface area (Å²) in [4.78, 5) is 0. The van der Waals surface area contributed by atoms with Crippen molar-refractivity contribution in [3.8, 4) is 0 Å². The average molecular weight is 359 g/mol. The minimum absolute atomic E-state index is 0.986. The largest absolute Gasteiger partial charge is 0.226 e. The van der Waals surface area contributed by atoms with Crippen LogP contribution < -0.4 is 10.4 Å². The van der Waals surface area contributed by atoms with Gasteiger partial charge in [0.05, 0.1) is 0 Å². The van der Waals surface area contributed by atoms with Crippen LogP contribution in [0.3, 0.4) is 0 Å². The molecule has 0 spiro atoms. The van der Waals surface area contributed by atoms with Crippen molar-refractivity contribution in [2.24, 2.45) is 0 Å². The predicted octanol–water partition coefficient (Wildman–Crippen LogP) is 2.96. The summed E-state index contributed by atoms with van der Waals surface area (Å²) in [6, 6.07) is 20.9. The molecule has 0 radical (unpaired) electrons. The van der Waals surface area contributed by atoms with E-state index in [0.29, 0.717) is 0 Å². The van der Waals surface area contributed by atoms with Gasteiger partial charge in [0, 0.05) is 4.05 Å². The smallest absolute Gasteiger partial charge is 0.154 e. The molecule has 0 atom stereocenters. The normalized spacial score (nSPS) is 11.4. The van der Waals surface area contributed by atoms with Gasteiger partial charge in [-0.1, -0.05) is 83.3 Å². The minimum Gasteiger partial charge on any atom is -0.154 e. The van der Waals surface area contributed by atoms with Crippen molar-refractivity contribution >= 4 is 51.4 Å². The molecule has 2 aromatic carbocycles. The first-order chi connectivity index (χ1) is 7.77. The molecule has 0 bridgehead atoms. The maximum absolute atomic E-state index is 6.91. The van der Waals surface area contributed by atoms with Gasteiger partial charge >= 0.3 is 0 Å². The predicted molar refractivity (Wildman–Crippen MR) is 82.6 cm³/mol. The Morgan fingerprint density at radius 1 is 0.812 bits per heavy atom. The van der Waals surface area contributed by atoms with Gasteiger partial charge in [0.25, 0.3) is 0 Å². The molecule has 0 amide bonds. The van der Waals surface area contributed by atoms with Crippen molar-refractivity contribution < 1.29 is 0 Å².